The van der Waals surface area contributed by atoms with Crippen LogP contribution in [0.1, 0.15) is 18.4 Å². The molecule has 0 bridgehead atoms. The highest BCUT2D eigenvalue weighted by Gasteiger charge is 2.54. The van der Waals surface area contributed by atoms with E-state index in [-0.39, 0.29) is 11.5 Å². The monoisotopic (exact) mass is 309 g/mol. The lowest BCUT2D eigenvalue weighted by Crippen LogP contribution is -2.43. The van der Waals surface area contributed by atoms with Gasteiger partial charge in [-0.25, -0.2) is 5.84 Å². The molecular weight excluding hydrogens is 290 g/mol. The van der Waals surface area contributed by atoms with Crippen molar-refractivity contribution in [3.8, 4) is 0 Å². The third-order valence-electron chi connectivity index (χ3n) is 4.69. The zero-order chi connectivity index (χ0) is 16.0. The van der Waals surface area contributed by atoms with E-state index in [0.29, 0.717) is 31.7 Å². The zero-order valence-electron chi connectivity index (χ0n) is 12.8. The summed E-state index contributed by atoms with van der Waals surface area (Å²) < 4.78 is 5.59. The van der Waals surface area contributed by atoms with Crippen molar-refractivity contribution in [2.75, 3.05) is 6.61 Å². The van der Waals surface area contributed by atoms with Gasteiger partial charge in [-0.15, -0.1) is 0 Å². The highest BCUT2D eigenvalue weighted by atomic mass is 16.6. The van der Waals surface area contributed by atoms with Crippen molar-refractivity contribution in [1.82, 2.24) is 5.01 Å². The molecule has 0 saturated carbocycles. The molecule has 1 saturated heterocycles. The molecule has 4 rings (SSSR count). The van der Waals surface area contributed by atoms with E-state index < -0.39 is 5.60 Å². The first-order chi connectivity index (χ1) is 11.1. The van der Waals surface area contributed by atoms with E-state index in [0.717, 1.165) is 10.9 Å². The van der Waals surface area contributed by atoms with Gasteiger partial charge in [0, 0.05) is 6.42 Å². The van der Waals surface area contributed by atoms with Crippen LogP contribution in [0.4, 0.5) is 0 Å². The number of nitrogens with zero attached hydrogens (tertiary/aromatic N) is 1. The third-order valence-corrected chi connectivity index (χ3v) is 4.69. The summed E-state index contributed by atoms with van der Waals surface area (Å²) in [5.41, 5.74) is 7.53. The first-order valence-electron chi connectivity index (χ1n) is 7.76. The zero-order valence-corrected chi connectivity index (χ0v) is 12.8. The average molecular weight is 309 g/mol. The van der Waals surface area contributed by atoms with Crippen molar-refractivity contribution in [3.63, 3.8) is 0 Å². The van der Waals surface area contributed by atoms with E-state index in [1.54, 1.807) is 5.01 Å². The summed E-state index contributed by atoms with van der Waals surface area (Å²) in [6.07, 6.45) is 1.09. The van der Waals surface area contributed by atoms with Gasteiger partial charge in [-0.2, -0.15) is 0 Å². The highest BCUT2D eigenvalue weighted by molar-refractivity contribution is 5.96. The molecule has 1 unspecified atom stereocenters. The van der Waals surface area contributed by atoms with Gasteiger partial charge in [0.05, 0.1) is 24.5 Å². The lowest BCUT2D eigenvalue weighted by atomic mass is 9.89. The molecule has 1 aliphatic heterocycles. The number of fused-ring (bicyclic) bond motifs is 1. The second kappa shape index (κ2) is 5.08. The molecule has 1 aliphatic carbocycles. The van der Waals surface area contributed by atoms with Crippen molar-refractivity contribution in [2.24, 2.45) is 11.6 Å². The minimum atomic E-state index is -0.441. The second-order valence-electron chi connectivity index (χ2n) is 6.28. The molecule has 5 heteroatoms. The maximum atomic E-state index is 11.9. The third kappa shape index (κ3) is 2.38. The lowest BCUT2D eigenvalue weighted by molar-refractivity contribution is -0.116. The van der Waals surface area contributed by atoms with E-state index in [1.807, 2.05) is 18.2 Å². The topological polar surface area (TPSA) is 84.9 Å². The molecule has 118 valence electrons. The molecule has 2 aromatic rings. The molecule has 5 nitrogen and oxygen atoms in total. The molecule has 1 spiro atoms. The van der Waals surface area contributed by atoms with Crippen molar-refractivity contribution < 1.29 is 9.53 Å². The molecule has 4 N–H and O–H groups in total. The molecule has 2 aliphatic rings. The first-order valence-corrected chi connectivity index (χ1v) is 7.76. The van der Waals surface area contributed by atoms with Crippen molar-refractivity contribution in [2.45, 2.75) is 25.0 Å². The van der Waals surface area contributed by atoms with E-state index in [4.69, 9.17) is 16.3 Å². The first kappa shape index (κ1) is 14.2. The van der Waals surface area contributed by atoms with Crippen LogP contribution >= 0.6 is 0 Å². The van der Waals surface area contributed by atoms with Gasteiger partial charge in [0.25, 0.3) is 0 Å². The minimum Gasteiger partial charge on any atom is -0.394 e. The largest absolute Gasteiger partial charge is 0.394 e. The minimum absolute atomic E-state index is 0.0462. The summed E-state index contributed by atoms with van der Waals surface area (Å²) in [4.78, 5) is 11.9. The number of epoxide rings is 1. The Morgan fingerprint density at radius 2 is 1.91 bits per heavy atom. The lowest BCUT2D eigenvalue weighted by Gasteiger charge is -2.31. The second-order valence-corrected chi connectivity index (χ2v) is 6.28. The summed E-state index contributed by atoms with van der Waals surface area (Å²) in [6.45, 7) is 1.07. The summed E-state index contributed by atoms with van der Waals surface area (Å²) >= 11 is 0. The normalized spacial score (nSPS) is 23.6. The summed E-state index contributed by atoms with van der Waals surface area (Å²) in [5.74, 6) is 6.21. The van der Waals surface area contributed by atoms with Crippen LogP contribution in [-0.4, -0.2) is 23.0 Å². The Morgan fingerprint density at radius 3 is 2.65 bits per heavy atom. The molecule has 1 heterocycles. The predicted octanol–water partition coefficient (Wildman–Crippen LogP) is 1.82. The number of hydrogen-bond acceptors (Lipinski definition) is 5. The molecule has 1 fully saturated rings. The van der Waals surface area contributed by atoms with Crippen LogP contribution in [0.5, 0.6) is 0 Å². The Hall–Kier alpha value is -2.37. The molecule has 0 aromatic heterocycles. The van der Waals surface area contributed by atoms with E-state index in [1.165, 1.54) is 5.39 Å². The van der Waals surface area contributed by atoms with Gasteiger partial charge in [0.15, 0.2) is 5.78 Å². The van der Waals surface area contributed by atoms with Gasteiger partial charge in [-0.05, 0) is 28.8 Å². The van der Waals surface area contributed by atoms with E-state index >= 15 is 0 Å². The fraction of sp³-hybridized carbons (Fsp3) is 0.278. The molecule has 0 amide bonds. The Bertz CT molecular complexity index is 824. The van der Waals surface area contributed by atoms with Crippen LogP contribution < -0.4 is 11.6 Å². The summed E-state index contributed by atoms with van der Waals surface area (Å²) in [7, 11) is 0. The maximum absolute atomic E-state index is 11.9. The average Bonchev–Trinajstić information content (AvgIpc) is 3.32. The van der Waals surface area contributed by atoms with Gasteiger partial charge >= 0.3 is 0 Å². The number of hydrazine groups is 1. The number of ketones is 1. The standard InChI is InChI=1S/C18H19N3O2/c19-16-15(22)7-8-18(11-23-18)17(16)21(20)10-12-5-6-13-3-1-2-4-14(13)9-12/h1-6,9H,7-8,10-11,19-20H2. The van der Waals surface area contributed by atoms with Crippen LogP contribution in [0.2, 0.25) is 0 Å². The molecule has 2 aromatic carbocycles. The SMILES string of the molecule is NC1=C(N(N)Cc2ccc3ccccc3c2)C2(CCC1=O)CO2. The Morgan fingerprint density at radius 1 is 1.17 bits per heavy atom. The fourth-order valence-corrected chi connectivity index (χ4v) is 3.34. The highest BCUT2D eigenvalue weighted by Crippen LogP contribution is 2.44. The maximum Gasteiger partial charge on any atom is 0.180 e. The van der Waals surface area contributed by atoms with Gasteiger partial charge in [0.1, 0.15) is 5.60 Å². The fourth-order valence-electron chi connectivity index (χ4n) is 3.34. The van der Waals surface area contributed by atoms with E-state index in [9.17, 15) is 4.79 Å². The number of nitrogens with two attached hydrogens (primary N) is 2. The molecule has 0 radical (unpaired) electrons. The number of Topliss-reactive ketones (excluding diaryl/α,β-unsaturated/α-hetero) is 1. The number of carbonyl (C=O) groups is 1. The number of rotatable bonds is 3. The molecule has 23 heavy (non-hydrogen) atoms. The molecular formula is C18H19N3O2. The van der Waals surface area contributed by atoms with Crippen LogP contribution in [0.25, 0.3) is 10.8 Å². The van der Waals surface area contributed by atoms with Crippen LogP contribution in [0, 0.1) is 0 Å². The Labute approximate surface area is 134 Å². The van der Waals surface area contributed by atoms with Gasteiger partial charge in [-0.3, -0.25) is 4.79 Å². The predicted molar refractivity (Wildman–Crippen MR) is 87.8 cm³/mol. The number of allylic oxidation sites excluding steroid dienone is 1. The van der Waals surface area contributed by atoms with E-state index in [2.05, 4.69) is 24.3 Å². The van der Waals surface area contributed by atoms with Crippen molar-refractivity contribution in [1.29, 1.82) is 0 Å². The summed E-state index contributed by atoms with van der Waals surface area (Å²) in [5, 5.41) is 3.93. The molecule has 1 atom stereocenters. The van der Waals surface area contributed by atoms with Crippen LogP contribution in [0.3, 0.4) is 0 Å². The van der Waals surface area contributed by atoms with Crippen molar-refractivity contribution >= 4 is 16.6 Å². The van der Waals surface area contributed by atoms with Gasteiger partial charge in [0.2, 0.25) is 0 Å². The van der Waals surface area contributed by atoms with Crippen molar-refractivity contribution in [3.05, 3.63) is 59.4 Å². The number of benzene rings is 2. The Balaban J connectivity index is 1.64. The van der Waals surface area contributed by atoms with Gasteiger partial charge in [-0.1, -0.05) is 36.4 Å². The van der Waals surface area contributed by atoms with Crippen LogP contribution in [-0.2, 0) is 16.1 Å². The van der Waals surface area contributed by atoms with Crippen LogP contribution in [0.15, 0.2) is 53.9 Å². The Kier molecular flexibility index (Phi) is 3.14. The summed E-state index contributed by atoms with van der Waals surface area (Å²) in [6, 6.07) is 14.4. The number of carbonyl (C=O) groups excluding carboxylic acids is 1. The quantitative estimate of drug-likeness (QED) is 0.513. The number of ether oxygens (including phenoxy) is 1. The van der Waals surface area contributed by atoms with Gasteiger partial charge < -0.3 is 15.5 Å². The smallest absolute Gasteiger partial charge is 0.180 e. The number of hydrogen-bond donors (Lipinski definition) is 2.